The Kier molecular flexibility index (Phi) is 8.93. The molecule has 7 nitrogen and oxygen atoms in total. The van der Waals surface area contributed by atoms with Gasteiger partial charge < -0.3 is 14.8 Å². The summed E-state index contributed by atoms with van der Waals surface area (Å²) in [6, 6.07) is 11.8. The Hall–Kier alpha value is -2.74. The molecule has 1 N–H and O–H groups in total. The maximum absolute atomic E-state index is 13.8. The van der Waals surface area contributed by atoms with Crippen LogP contribution in [-0.4, -0.2) is 40.6 Å². The Morgan fingerprint density at radius 2 is 1.86 bits per heavy atom. The smallest absolute Gasteiger partial charge is 0.264 e. The predicted molar refractivity (Wildman–Crippen MR) is 143 cm³/mol. The van der Waals surface area contributed by atoms with E-state index < -0.39 is 16.1 Å². The second kappa shape index (κ2) is 11.5. The third-order valence-electron chi connectivity index (χ3n) is 6.74. The number of carbonyl (C=O) groups is 1. The minimum absolute atomic E-state index is 0.105. The van der Waals surface area contributed by atoms with E-state index in [9.17, 15) is 13.2 Å². The number of hydrogen-bond acceptors (Lipinski definition) is 5. The summed E-state index contributed by atoms with van der Waals surface area (Å²) in [5.74, 6) is 1.03. The third-order valence-corrected chi connectivity index (χ3v) is 8.54. The number of benzene rings is 2. The number of fused-ring (bicyclic) bond motifs is 1. The molecular weight excluding hydrogens is 476 g/mol. The van der Waals surface area contributed by atoms with Crippen LogP contribution in [0.25, 0.3) is 0 Å². The standard InChI is InChI=1S/C28H40N2O5S/c1-7-9-10-20(8-2)18-29-27(31)26-19-30(36(32,33)23-14-12-22(34-6)13-15-23)24-17-21(28(3,4)5)11-16-25(24)35-26/h11-17,20,26H,7-10,18-19H2,1-6H3,(H,29,31)/t20-,26-/m1/s1. The van der Waals surface area contributed by atoms with Crippen LogP contribution in [0.1, 0.15) is 65.9 Å². The first-order chi connectivity index (χ1) is 17.0. The fraction of sp³-hybridized carbons (Fsp3) is 0.536. The molecule has 0 radical (unpaired) electrons. The lowest BCUT2D eigenvalue weighted by molar-refractivity contribution is -0.127. The Labute approximate surface area is 216 Å². The van der Waals surface area contributed by atoms with Gasteiger partial charge in [0.1, 0.15) is 11.5 Å². The average Bonchev–Trinajstić information content (AvgIpc) is 2.87. The zero-order valence-electron chi connectivity index (χ0n) is 22.3. The molecule has 1 aliphatic heterocycles. The van der Waals surface area contributed by atoms with Crippen molar-refractivity contribution in [1.82, 2.24) is 5.32 Å². The summed E-state index contributed by atoms with van der Waals surface area (Å²) >= 11 is 0. The average molecular weight is 517 g/mol. The summed E-state index contributed by atoms with van der Waals surface area (Å²) in [5, 5.41) is 3.00. The first-order valence-electron chi connectivity index (χ1n) is 12.8. The van der Waals surface area contributed by atoms with Crippen molar-refractivity contribution in [2.45, 2.75) is 76.7 Å². The molecule has 198 valence electrons. The zero-order chi connectivity index (χ0) is 26.5. The summed E-state index contributed by atoms with van der Waals surface area (Å²) in [5.41, 5.74) is 1.23. The molecule has 0 fully saturated rings. The van der Waals surface area contributed by atoms with Gasteiger partial charge >= 0.3 is 0 Å². The van der Waals surface area contributed by atoms with Crippen LogP contribution in [0.2, 0.25) is 0 Å². The number of anilines is 1. The molecule has 1 heterocycles. The maximum atomic E-state index is 13.8. The number of carbonyl (C=O) groups excluding carboxylic acids is 1. The van der Waals surface area contributed by atoms with Gasteiger partial charge in [-0.1, -0.05) is 59.9 Å². The minimum atomic E-state index is -3.96. The van der Waals surface area contributed by atoms with E-state index in [1.54, 1.807) is 18.2 Å². The predicted octanol–water partition coefficient (Wildman–Crippen LogP) is 5.28. The highest BCUT2D eigenvalue weighted by atomic mass is 32.2. The van der Waals surface area contributed by atoms with Gasteiger partial charge in [0.05, 0.1) is 24.2 Å². The van der Waals surface area contributed by atoms with Gasteiger partial charge in [0.15, 0.2) is 6.10 Å². The van der Waals surface area contributed by atoms with Crippen molar-refractivity contribution in [2.75, 3.05) is 24.5 Å². The van der Waals surface area contributed by atoms with Crippen molar-refractivity contribution in [1.29, 1.82) is 0 Å². The number of rotatable bonds is 10. The van der Waals surface area contributed by atoms with Crippen LogP contribution < -0.4 is 19.1 Å². The zero-order valence-corrected chi connectivity index (χ0v) is 23.2. The summed E-state index contributed by atoms with van der Waals surface area (Å²) in [6.45, 7) is 10.9. The number of nitrogens with one attached hydrogen (secondary N) is 1. The van der Waals surface area contributed by atoms with Gasteiger partial charge in [0.25, 0.3) is 15.9 Å². The van der Waals surface area contributed by atoms with Crippen molar-refractivity contribution in [3.05, 3.63) is 48.0 Å². The van der Waals surface area contributed by atoms with Crippen molar-refractivity contribution in [2.24, 2.45) is 5.92 Å². The Morgan fingerprint density at radius 1 is 1.17 bits per heavy atom. The Bertz CT molecular complexity index is 1140. The van der Waals surface area contributed by atoms with Crippen molar-refractivity contribution in [3.63, 3.8) is 0 Å². The molecule has 1 aliphatic rings. The van der Waals surface area contributed by atoms with Crippen LogP contribution in [0.5, 0.6) is 11.5 Å². The van der Waals surface area contributed by atoms with Gasteiger partial charge in [-0.25, -0.2) is 8.42 Å². The van der Waals surface area contributed by atoms with Gasteiger partial charge in [-0.05, 0) is 59.7 Å². The first kappa shape index (κ1) is 27.8. The van der Waals surface area contributed by atoms with Crippen molar-refractivity contribution < 1.29 is 22.7 Å². The van der Waals surface area contributed by atoms with Crippen LogP contribution in [0, 0.1) is 5.92 Å². The molecule has 1 amide bonds. The molecule has 0 aliphatic carbocycles. The van der Waals surface area contributed by atoms with E-state index in [2.05, 4.69) is 39.9 Å². The van der Waals surface area contributed by atoms with E-state index in [1.165, 1.54) is 23.5 Å². The quantitative estimate of drug-likeness (QED) is 0.464. The Morgan fingerprint density at radius 3 is 2.44 bits per heavy atom. The lowest BCUT2D eigenvalue weighted by atomic mass is 9.86. The van der Waals surface area contributed by atoms with E-state index in [4.69, 9.17) is 9.47 Å². The molecule has 0 aromatic heterocycles. The van der Waals surface area contributed by atoms with E-state index in [1.807, 2.05) is 12.1 Å². The number of nitrogens with zero attached hydrogens (tertiary/aromatic N) is 1. The van der Waals surface area contributed by atoms with Crippen LogP contribution in [-0.2, 0) is 20.2 Å². The molecule has 8 heteroatoms. The number of hydrogen-bond donors (Lipinski definition) is 1. The topological polar surface area (TPSA) is 84.9 Å². The second-order valence-electron chi connectivity index (χ2n) is 10.4. The van der Waals surface area contributed by atoms with Gasteiger partial charge in [-0.2, -0.15) is 0 Å². The number of ether oxygens (including phenoxy) is 2. The number of unbranched alkanes of at least 4 members (excludes halogenated alkanes) is 1. The fourth-order valence-corrected chi connectivity index (χ4v) is 5.73. The van der Waals surface area contributed by atoms with E-state index in [0.717, 1.165) is 31.2 Å². The number of sulfonamides is 1. The largest absolute Gasteiger partial charge is 0.497 e. The monoisotopic (exact) mass is 516 g/mol. The molecule has 0 bridgehead atoms. The number of amides is 1. The molecule has 2 atom stereocenters. The van der Waals surface area contributed by atoms with E-state index in [-0.39, 0.29) is 22.8 Å². The molecular formula is C28H40N2O5S. The maximum Gasteiger partial charge on any atom is 0.264 e. The minimum Gasteiger partial charge on any atom is -0.497 e. The molecule has 2 aromatic carbocycles. The van der Waals surface area contributed by atoms with Gasteiger partial charge in [-0.15, -0.1) is 0 Å². The van der Waals surface area contributed by atoms with Crippen LogP contribution >= 0.6 is 0 Å². The lowest BCUT2D eigenvalue weighted by Crippen LogP contribution is -2.51. The molecule has 0 unspecified atom stereocenters. The Balaban J connectivity index is 1.94. The van der Waals surface area contributed by atoms with Gasteiger partial charge in [0, 0.05) is 6.54 Å². The SMILES string of the molecule is CCCC[C@@H](CC)CNC(=O)[C@H]1CN(S(=O)(=O)c2ccc(OC)cc2)c2cc(C(C)(C)C)ccc2O1. The lowest BCUT2D eigenvalue weighted by Gasteiger charge is -2.36. The summed E-state index contributed by atoms with van der Waals surface area (Å²) in [7, 11) is -2.43. The van der Waals surface area contributed by atoms with Crippen LogP contribution in [0.3, 0.4) is 0 Å². The molecule has 0 spiro atoms. The van der Waals surface area contributed by atoms with Crippen LogP contribution in [0.4, 0.5) is 5.69 Å². The van der Waals surface area contributed by atoms with Crippen LogP contribution in [0.15, 0.2) is 47.4 Å². The normalized spacial score (nSPS) is 16.6. The first-order valence-corrected chi connectivity index (χ1v) is 14.2. The molecule has 0 saturated heterocycles. The molecule has 2 aromatic rings. The van der Waals surface area contributed by atoms with Crippen molar-refractivity contribution >= 4 is 21.6 Å². The molecule has 3 rings (SSSR count). The molecule has 0 saturated carbocycles. The van der Waals surface area contributed by atoms with E-state index >= 15 is 0 Å². The number of methoxy groups -OCH3 is 1. The fourth-order valence-electron chi connectivity index (χ4n) is 4.26. The summed E-state index contributed by atoms with van der Waals surface area (Å²) in [6.07, 6.45) is 3.31. The molecule has 36 heavy (non-hydrogen) atoms. The summed E-state index contributed by atoms with van der Waals surface area (Å²) in [4.78, 5) is 13.3. The highest BCUT2D eigenvalue weighted by Crippen LogP contribution is 2.40. The van der Waals surface area contributed by atoms with E-state index in [0.29, 0.717) is 29.6 Å². The summed E-state index contributed by atoms with van der Waals surface area (Å²) < 4.78 is 40.2. The van der Waals surface area contributed by atoms with Gasteiger partial charge in [0.2, 0.25) is 0 Å². The van der Waals surface area contributed by atoms with Crippen molar-refractivity contribution in [3.8, 4) is 11.5 Å². The second-order valence-corrected chi connectivity index (χ2v) is 12.3. The highest BCUT2D eigenvalue weighted by molar-refractivity contribution is 7.92. The highest BCUT2D eigenvalue weighted by Gasteiger charge is 2.38. The van der Waals surface area contributed by atoms with Gasteiger partial charge in [-0.3, -0.25) is 9.10 Å². The third kappa shape index (κ3) is 6.33.